The molecule has 1 fully saturated rings. The van der Waals surface area contributed by atoms with Crippen LogP contribution in [-0.4, -0.2) is 42.0 Å². The van der Waals surface area contributed by atoms with Crippen molar-refractivity contribution >= 4 is 11.9 Å². The van der Waals surface area contributed by atoms with E-state index >= 15 is 0 Å². The zero-order chi connectivity index (χ0) is 13.1. The Morgan fingerprint density at radius 1 is 1.24 bits per heavy atom. The van der Waals surface area contributed by atoms with Crippen molar-refractivity contribution in [2.45, 2.75) is 51.6 Å². The molecule has 1 aliphatic rings. The maximum atomic E-state index is 12.1. The number of hydrogen-bond acceptors (Lipinski definition) is 2. The number of piperidine rings is 1. The van der Waals surface area contributed by atoms with Gasteiger partial charge in [0.05, 0.1) is 0 Å². The van der Waals surface area contributed by atoms with Gasteiger partial charge in [0.25, 0.3) is 0 Å². The smallest absolute Gasteiger partial charge is 0.318 e. The number of carbonyl (C=O) groups is 2. The number of rotatable bonds is 1. The summed E-state index contributed by atoms with van der Waals surface area (Å²) < 4.78 is 0. The van der Waals surface area contributed by atoms with E-state index in [0.717, 1.165) is 19.3 Å². The van der Waals surface area contributed by atoms with Crippen molar-refractivity contribution in [3.63, 3.8) is 0 Å². The van der Waals surface area contributed by atoms with Crippen LogP contribution in [0.4, 0.5) is 4.79 Å². The molecule has 0 radical (unpaired) electrons. The highest BCUT2D eigenvalue weighted by molar-refractivity contribution is 5.87. The molecule has 1 aliphatic heterocycles. The van der Waals surface area contributed by atoms with E-state index in [1.165, 1.54) is 0 Å². The van der Waals surface area contributed by atoms with E-state index in [9.17, 15) is 9.59 Å². The number of nitrogens with zero attached hydrogens (tertiary/aromatic N) is 1. The quantitative estimate of drug-likeness (QED) is 0.722. The van der Waals surface area contributed by atoms with E-state index in [1.807, 2.05) is 20.8 Å². The molecule has 3 amide bonds. The van der Waals surface area contributed by atoms with Crippen LogP contribution in [0.25, 0.3) is 0 Å². The molecule has 0 aliphatic carbocycles. The van der Waals surface area contributed by atoms with Gasteiger partial charge in [-0.25, -0.2) is 4.79 Å². The van der Waals surface area contributed by atoms with E-state index in [0.29, 0.717) is 6.54 Å². The second-order valence-electron chi connectivity index (χ2n) is 5.50. The van der Waals surface area contributed by atoms with Crippen LogP contribution in [0.2, 0.25) is 0 Å². The lowest BCUT2D eigenvalue weighted by molar-refractivity contribution is -0.126. The van der Waals surface area contributed by atoms with Gasteiger partial charge in [-0.3, -0.25) is 4.79 Å². The average molecular weight is 241 g/mol. The zero-order valence-corrected chi connectivity index (χ0v) is 11.2. The third kappa shape index (κ3) is 3.91. The van der Waals surface area contributed by atoms with E-state index in [1.54, 1.807) is 11.9 Å². The summed E-state index contributed by atoms with van der Waals surface area (Å²) in [6, 6.07) is -0.470. The molecule has 0 aromatic carbocycles. The van der Waals surface area contributed by atoms with Crippen LogP contribution in [-0.2, 0) is 4.79 Å². The predicted octanol–water partition coefficient (Wildman–Crippen LogP) is 1.09. The molecular weight excluding hydrogens is 218 g/mol. The van der Waals surface area contributed by atoms with Crippen molar-refractivity contribution in [1.82, 2.24) is 15.5 Å². The lowest BCUT2D eigenvalue weighted by atomic mass is 10.0. The summed E-state index contributed by atoms with van der Waals surface area (Å²) in [5, 5.41) is 5.53. The molecular formula is C12H23N3O2. The van der Waals surface area contributed by atoms with Gasteiger partial charge >= 0.3 is 6.03 Å². The van der Waals surface area contributed by atoms with Crippen LogP contribution in [0.15, 0.2) is 0 Å². The largest absolute Gasteiger partial charge is 0.357 e. The minimum Gasteiger partial charge on any atom is -0.357 e. The highest BCUT2D eigenvalue weighted by Gasteiger charge is 2.32. The molecule has 1 unspecified atom stereocenters. The fraction of sp³-hybridized carbons (Fsp3) is 0.833. The molecule has 5 heteroatoms. The highest BCUT2D eigenvalue weighted by Crippen LogP contribution is 2.18. The molecule has 0 aromatic rings. The summed E-state index contributed by atoms with van der Waals surface area (Å²) in [4.78, 5) is 25.4. The second kappa shape index (κ2) is 5.38. The minimum atomic E-state index is -0.323. The van der Waals surface area contributed by atoms with Crippen molar-refractivity contribution in [2.75, 3.05) is 13.6 Å². The van der Waals surface area contributed by atoms with Gasteiger partial charge in [0.2, 0.25) is 5.91 Å². The molecule has 1 heterocycles. The summed E-state index contributed by atoms with van der Waals surface area (Å²) in [6.07, 6.45) is 2.71. The van der Waals surface area contributed by atoms with Crippen LogP contribution in [0.3, 0.4) is 0 Å². The summed E-state index contributed by atoms with van der Waals surface area (Å²) in [6.45, 7) is 6.46. The standard InChI is InChI=1S/C12H23N3O2/c1-12(2,3)14-11(17)15-8-6-5-7-9(15)10(16)13-4/h9H,5-8H2,1-4H3,(H,13,16)(H,14,17). The fourth-order valence-corrected chi connectivity index (χ4v) is 2.01. The van der Waals surface area contributed by atoms with Gasteiger partial charge in [-0.1, -0.05) is 0 Å². The van der Waals surface area contributed by atoms with Crippen LogP contribution in [0, 0.1) is 0 Å². The van der Waals surface area contributed by atoms with Crippen LogP contribution in [0.5, 0.6) is 0 Å². The Bertz CT molecular complexity index is 297. The van der Waals surface area contributed by atoms with Gasteiger partial charge in [-0.05, 0) is 40.0 Å². The van der Waals surface area contributed by atoms with Crippen LogP contribution in [0.1, 0.15) is 40.0 Å². The maximum Gasteiger partial charge on any atom is 0.318 e. The number of likely N-dealkylation sites (tertiary alicyclic amines) is 1. The Morgan fingerprint density at radius 2 is 1.88 bits per heavy atom. The normalized spacial score (nSPS) is 20.9. The van der Waals surface area contributed by atoms with Crippen molar-refractivity contribution in [2.24, 2.45) is 0 Å². The molecule has 5 nitrogen and oxygen atoms in total. The van der Waals surface area contributed by atoms with E-state index in [2.05, 4.69) is 10.6 Å². The highest BCUT2D eigenvalue weighted by atomic mass is 16.2. The molecule has 0 saturated carbocycles. The van der Waals surface area contributed by atoms with Crippen molar-refractivity contribution in [3.05, 3.63) is 0 Å². The first-order chi connectivity index (χ1) is 7.85. The first kappa shape index (κ1) is 13.8. The minimum absolute atomic E-state index is 0.0752. The number of amides is 3. The Kier molecular flexibility index (Phi) is 4.37. The second-order valence-corrected chi connectivity index (χ2v) is 5.50. The number of urea groups is 1. The number of carbonyl (C=O) groups excluding carboxylic acids is 2. The number of likely N-dealkylation sites (N-methyl/N-ethyl adjacent to an activating group) is 1. The molecule has 1 rings (SSSR count). The Morgan fingerprint density at radius 3 is 2.41 bits per heavy atom. The Hall–Kier alpha value is -1.26. The van der Waals surface area contributed by atoms with Crippen molar-refractivity contribution in [1.29, 1.82) is 0 Å². The Labute approximate surface area is 103 Å². The Balaban J connectivity index is 2.71. The third-order valence-electron chi connectivity index (χ3n) is 2.79. The fourth-order valence-electron chi connectivity index (χ4n) is 2.01. The van der Waals surface area contributed by atoms with Gasteiger partial charge in [-0.2, -0.15) is 0 Å². The van der Waals surface area contributed by atoms with Crippen molar-refractivity contribution < 1.29 is 9.59 Å². The van der Waals surface area contributed by atoms with Crippen LogP contribution < -0.4 is 10.6 Å². The first-order valence-corrected chi connectivity index (χ1v) is 6.15. The van der Waals surface area contributed by atoms with E-state index in [4.69, 9.17) is 0 Å². The molecule has 1 atom stereocenters. The van der Waals surface area contributed by atoms with Gasteiger partial charge in [0, 0.05) is 19.1 Å². The summed E-state index contributed by atoms with van der Waals surface area (Å²) >= 11 is 0. The lowest BCUT2D eigenvalue weighted by Gasteiger charge is -2.36. The number of hydrogen-bond donors (Lipinski definition) is 2. The summed E-state index contributed by atoms with van der Waals surface area (Å²) in [5.74, 6) is -0.0752. The monoisotopic (exact) mass is 241 g/mol. The summed E-state index contributed by atoms with van der Waals surface area (Å²) in [5.41, 5.74) is -0.276. The van der Waals surface area contributed by atoms with Gasteiger partial charge in [0.15, 0.2) is 0 Å². The van der Waals surface area contributed by atoms with Gasteiger partial charge in [-0.15, -0.1) is 0 Å². The predicted molar refractivity (Wildman–Crippen MR) is 66.7 cm³/mol. The topological polar surface area (TPSA) is 61.4 Å². The third-order valence-corrected chi connectivity index (χ3v) is 2.79. The molecule has 0 spiro atoms. The SMILES string of the molecule is CNC(=O)C1CCCCN1C(=O)NC(C)(C)C. The lowest BCUT2D eigenvalue weighted by Crippen LogP contribution is -2.57. The van der Waals surface area contributed by atoms with E-state index in [-0.39, 0.29) is 23.5 Å². The van der Waals surface area contributed by atoms with E-state index < -0.39 is 0 Å². The summed E-state index contributed by atoms with van der Waals surface area (Å²) in [7, 11) is 1.61. The van der Waals surface area contributed by atoms with Gasteiger partial charge < -0.3 is 15.5 Å². The molecule has 2 N–H and O–H groups in total. The molecule has 98 valence electrons. The molecule has 17 heavy (non-hydrogen) atoms. The first-order valence-electron chi connectivity index (χ1n) is 6.15. The number of nitrogens with one attached hydrogen (secondary N) is 2. The maximum absolute atomic E-state index is 12.1. The molecule has 1 saturated heterocycles. The van der Waals surface area contributed by atoms with Crippen LogP contribution >= 0.6 is 0 Å². The zero-order valence-electron chi connectivity index (χ0n) is 11.2. The van der Waals surface area contributed by atoms with Gasteiger partial charge in [0.1, 0.15) is 6.04 Å². The average Bonchev–Trinajstić information content (AvgIpc) is 2.25. The van der Waals surface area contributed by atoms with Crippen molar-refractivity contribution in [3.8, 4) is 0 Å². The molecule has 0 bridgehead atoms. The molecule has 0 aromatic heterocycles.